The average molecular weight is 299 g/mol. The van der Waals surface area contributed by atoms with Crippen molar-refractivity contribution in [3.05, 3.63) is 41.5 Å². The van der Waals surface area contributed by atoms with Crippen molar-refractivity contribution < 1.29 is 52.7 Å². The van der Waals surface area contributed by atoms with Crippen LogP contribution in [0.1, 0.15) is 20.7 Å². The van der Waals surface area contributed by atoms with Crippen LogP contribution in [0.15, 0.2) is 35.2 Å². The summed E-state index contributed by atoms with van der Waals surface area (Å²) in [5.41, 5.74) is -0.649. The van der Waals surface area contributed by atoms with E-state index in [9.17, 15) is 23.1 Å². The van der Waals surface area contributed by atoms with Crippen LogP contribution in [-0.2, 0) is 10.0 Å². The number of carboxylic acids is 1. The van der Waals surface area contributed by atoms with Gasteiger partial charge in [-0.15, -0.1) is 0 Å². The fourth-order valence-electron chi connectivity index (χ4n) is 2.21. The number of carbonyl (C=O) groups excluding carboxylic acids is 2. The molecule has 20 heavy (non-hydrogen) atoms. The van der Waals surface area contributed by atoms with Crippen molar-refractivity contribution >= 4 is 32.7 Å². The van der Waals surface area contributed by atoms with Gasteiger partial charge in [0.15, 0.2) is 0 Å². The van der Waals surface area contributed by atoms with E-state index in [0.29, 0.717) is 10.8 Å². The smallest absolute Gasteiger partial charge is 0.545 e. The Labute approximate surface area is 136 Å². The van der Waals surface area contributed by atoms with E-state index in [1.54, 1.807) is 29.0 Å². The number of fused-ring (bicyclic) bond motifs is 3. The van der Waals surface area contributed by atoms with Crippen molar-refractivity contribution in [3.8, 4) is 0 Å². The Morgan fingerprint density at radius 1 is 1.20 bits per heavy atom. The molecule has 0 atom stereocenters. The van der Waals surface area contributed by atoms with Gasteiger partial charge in [0.2, 0.25) is 0 Å². The summed E-state index contributed by atoms with van der Waals surface area (Å²) in [7, 11) is -4.14. The van der Waals surface area contributed by atoms with Crippen molar-refractivity contribution in [2.75, 3.05) is 0 Å². The minimum absolute atomic E-state index is 0. The first-order chi connectivity index (χ1) is 8.92. The van der Waals surface area contributed by atoms with Crippen LogP contribution in [0.3, 0.4) is 0 Å². The summed E-state index contributed by atoms with van der Waals surface area (Å²) in [5, 5.41) is 11.9. The molecule has 1 amide bonds. The van der Waals surface area contributed by atoms with Gasteiger partial charge in [-0.1, -0.05) is 24.3 Å². The Hall–Kier alpha value is -1.41. The van der Waals surface area contributed by atoms with Crippen molar-refractivity contribution in [2.45, 2.75) is 4.90 Å². The molecule has 0 aromatic heterocycles. The van der Waals surface area contributed by atoms with Crippen molar-refractivity contribution in [3.63, 3.8) is 0 Å². The van der Waals surface area contributed by atoms with Gasteiger partial charge in [-0.2, -0.15) is 0 Å². The first kappa shape index (κ1) is 15.0. The van der Waals surface area contributed by atoms with Crippen LogP contribution in [0.2, 0.25) is 0 Å². The molecule has 6 nitrogen and oxygen atoms in total. The van der Waals surface area contributed by atoms with E-state index in [2.05, 4.69) is 0 Å². The zero-order valence-electron chi connectivity index (χ0n) is 10.3. The predicted octanol–water partition coefficient (Wildman–Crippen LogP) is -3.36. The number of amides is 1. The minimum Gasteiger partial charge on any atom is -0.545 e. The van der Waals surface area contributed by atoms with E-state index in [0.717, 1.165) is 0 Å². The van der Waals surface area contributed by atoms with E-state index < -0.39 is 32.4 Å². The van der Waals surface area contributed by atoms with Gasteiger partial charge in [-0.25, -0.2) is 13.1 Å². The van der Waals surface area contributed by atoms with Crippen molar-refractivity contribution in [1.29, 1.82) is 0 Å². The molecule has 0 fully saturated rings. The SMILES string of the molecule is O=C([O-])c1cc2ccccc2c2c1S(=O)(=O)NC2=O.[Na+]. The molecule has 0 saturated heterocycles. The molecular weight excluding hydrogens is 293 g/mol. The number of carbonyl (C=O) groups is 2. The Bertz CT molecular complexity index is 860. The molecule has 2 aromatic carbocycles. The third-order valence-corrected chi connectivity index (χ3v) is 4.36. The average Bonchev–Trinajstić information content (AvgIpc) is 2.59. The standard InChI is InChI=1S/C12H7NO5S.Na/c14-11-9-7-4-2-1-3-6(7)5-8(12(15)16)10(9)19(17,18)13-11;/h1-5H,(H,13,14)(H,15,16);/q;+1/p-1. The zero-order chi connectivity index (χ0) is 13.8. The molecule has 8 heteroatoms. The molecule has 0 saturated carbocycles. The molecular formula is C12H6NNaO5S. The molecule has 1 aliphatic heterocycles. The molecule has 1 N–H and O–H groups in total. The second-order valence-corrected chi connectivity index (χ2v) is 5.69. The maximum absolute atomic E-state index is 11.8. The predicted molar refractivity (Wildman–Crippen MR) is 62.9 cm³/mol. The number of hydrogen-bond donors (Lipinski definition) is 1. The topological polar surface area (TPSA) is 103 Å². The molecule has 3 rings (SSSR count). The summed E-state index contributed by atoms with van der Waals surface area (Å²) in [6.45, 7) is 0. The molecule has 0 unspecified atom stereocenters. The fourth-order valence-corrected chi connectivity index (χ4v) is 3.56. The number of rotatable bonds is 1. The molecule has 0 radical (unpaired) electrons. The van der Waals surface area contributed by atoms with Gasteiger partial charge in [-0.05, 0) is 16.8 Å². The maximum atomic E-state index is 11.8. The second kappa shape index (κ2) is 4.85. The van der Waals surface area contributed by atoms with E-state index in [1.807, 2.05) is 0 Å². The number of hydrogen-bond acceptors (Lipinski definition) is 5. The molecule has 1 heterocycles. The molecule has 2 aromatic rings. The van der Waals surface area contributed by atoms with E-state index in [4.69, 9.17) is 0 Å². The van der Waals surface area contributed by atoms with Crippen LogP contribution in [0.25, 0.3) is 10.8 Å². The van der Waals surface area contributed by atoms with Gasteiger partial charge in [0, 0.05) is 5.56 Å². The maximum Gasteiger partial charge on any atom is 1.00 e. The van der Waals surface area contributed by atoms with E-state index in [-0.39, 0.29) is 35.1 Å². The molecule has 0 spiro atoms. The van der Waals surface area contributed by atoms with Crippen molar-refractivity contribution in [2.24, 2.45) is 0 Å². The largest absolute Gasteiger partial charge is 1.00 e. The van der Waals surface area contributed by atoms with E-state index >= 15 is 0 Å². The first-order valence-corrected chi connectivity index (χ1v) is 6.74. The Morgan fingerprint density at radius 2 is 1.85 bits per heavy atom. The number of carboxylic acid groups (broad SMARTS) is 1. The number of nitrogens with one attached hydrogen (secondary N) is 1. The monoisotopic (exact) mass is 299 g/mol. The van der Waals surface area contributed by atoms with Gasteiger partial charge < -0.3 is 9.90 Å². The fraction of sp³-hybridized carbons (Fsp3) is 0. The molecule has 96 valence electrons. The van der Waals surface area contributed by atoms with Crippen LogP contribution < -0.4 is 39.4 Å². The summed E-state index contributed by atoms with van der Waals surface area (Å²) < 4.78 is 25.4. The number of sulfonamides is 1. The van der Waals surface area contributed by atoms with Crippen LogP contribution in [0.4, 0.5) is 0 Å². The normalized spacial score (nSPS) is 15.3. The first-order valence-electron chi connectivity index (χ1n) is 5.26. The van der Waals surface area contributed by atoms with Gasteiger partial charge >= 0.3 is 29.6 Å². The zero-order valence-corrected chi connectivity index (χ0v) is 13.2. The van der Waals surface area contributed by atoms with E-state index in [1.165, 1.54) is 6.07 Å². The molecule has 0 aliphatic carbocycles. The van der Waals surface area contributed by atoms with Crippen molar-refractivity contribution in [1.82, 2.24) is 4.72 Å². The van der Waals surface area contributed by atoms with Gasteiger partial charge in [0.05, 0.1) is 11.5 Å². The summed E-state index contributed by atoms with van der Waals surface area (Å²) in [6, 6.07) is 7.66. The summed E-state index contributed by atoms with van der Waals surface area (Å²) in [6.07, 6.45) is 0. The summed E-state index contributed by atoms with van der Waals surface area (Å²) >= 11 is 0. The van der Waals surface area contributed by atoms with Gasteiger partial charge in [0.25, 0.3) is 15.9 Å². The minimum atomic E-state index is -4.14. The van der Waals surface area contributed by atoms with Gasteiger partial charge in [0.1, 0.15) is 4.90 Å². The summed E-state index contributed by atoms with van der Waals surface area (Å²) in [4.78, 5) is 22.3. The summed E-state index contributed by atoms with van der Waals surface area (Å²) in [5.74, 6) is -2.46. The molecule has 1 aliphatic rings. The van der Waals surface area contributed by atoms with Crippen LogP contribution >= 0.6 is 0 Å². The third kappa shape index (κ3) is 2.03. The molecule has 0 bridgehead atoms. The Kier molecular flexibility index (Phi) is 3.64. The number of benzene rings is 2. The third-order valence-electron chi connectivity index (χ3n) is 2.94. The quantitative estimate of drug-likeness (QED) is 0.554. The van der Waals surface area contributed by atoms with Crippen LogP contribution in [0, 0.1) is 0 Å². The van der Waals surface area contributed by atoms with Crippen LogP contribution in [-0.4, -0.2) is 20.3 Å². The van der Waals surface area contributed by atoms with Gasteiger partial charge in [-0.3, -0.25) is 4.79 Å². The second-order valence-electron chi connectivity index (χ2n) is 4.07. The van der Waals surface area contributed by atoms with Crippen LogP contribution in [0.5, 0.6) is 0 Å². The number of aromatic carboxylic acids is 1. The Balaban J connectivity index is 0.00000147. The Morgan fingerprint density at radius 3 is 2.50 bits per heavy atom.